The van der Waals surface area contributed by atoms with Crippen molar-refractivity contribution in [3.63, 3.8) is 0 Å². The Bertz CT molecular complexity index is 1110. The number of aromatic nitrogens is 3. The molecule has 4 rings (SSSR count). The van der Waals surface area contributed by atoms with Crippen LogP contribution in [0, 0.1) is 0 Å². The summed E-state index contributed by atoms with van der Waals surface area (Å²) < 4.78 is 0. The van der Waals surface area contributed by atoms with Crippen LogP contribution < -0.4 is 10.6 Å². The van der Waals surface area contributed by atoms with E-state index in [1.54, 1.807) is 6.20 Å². The van der Waals surface area contributed by atoms with Crippen molar-refractivity contribution in [2.75, 3.05) is 11.9 Å². The normalized spacial score (nSPS) is 10.7. The maximum Gasteiger partial charge on any atom is 0.273 e. The fourth-order valence-electron chi connectivity index (χ4n) is 3.06. The van der Waals surface area contributed by atoms with Gasteiger partial charge in [-0.05, 0) is 18.1 Å². The number of fused-ring (bicyclic) bond motifs is 1. The molecule has 4 N–H and O–H groups in total. The van der Waals surface area contributed by atoms with E-state index in [0.717, 1.165) is 16.5 Å². The van der Waals surface area contributed by atoms with Crippen LogP contribution in [0.4, 0.5) is 5.69 Å². The molecule has 28 heavy (non-hydrogen) atoms. The second-order valence-electron chi connectivity index (χ2n) is 6.34. The number of carbonyl (C=O) groups excluding carboxylic acids is 2. The standard InChI is InChI=1S/C21H19N5O2/c27-20(16-12-23-17-9-5-4-8-15(16)17)25-18-13-24-26-19(18)21(28)22-11-10-14-6-2-1-3-7-14/h1-9,12-13,23H,10-11H2,(H,22,28)(H,24,26)(H,25,27). The Labute approximate surface area is 161 Å². The number of carbonyl (C=O) groups is 2. The molecule has 0 bridgehead atoms. The third-order valence-corrected chi connectivity index (χ3v) is 4.48. The van der Waals surface area contributed by atoms with Gasteiger partial charge in [0.25, 0.3) is 11.8 Å². The summed E-state index contributed by atoms with van der Waals surface area (Å²) in [5, 5.41) is 13.0. The highest BCUT2D eigenvalue weighted by atomic mass is 16.2. The number of hydrogen-bond acceptors (Lipinski definition) is 3. The Morgan fingerprint density at radius 3 is 2.57 bits per heavy atom. The van der Waals surface area contributed by atoms with E-state index in [2.05, 4.69) is 25.8 Å². The predicted molar refractivity (Wildman–Crippen MR) is 107 cm³/mol. The third kappa shape index (κ3) is 3.64. The Balaban J connectivity index is 1.42. The molecule has 140 valence electrons. The topological polar surface area (TPSA) is 103 Å². The van der Waals surface area contributed by atoms with Crippen LogP contribution >= 0.6 is 0 Å². The first-order valence-corrected chi connectivity index (χ1v) is 8.96. The molecule has 0 spiro atoms. The number of nitrogens with one attached hydrogen (secondary N) is 4. The molecule has 0 radical (unpaired) electrons. The molecular weight excluding hydrogens is 354 g/mol. The molecular formula is C21H19N5O2. The SMILES string of the molecule is O=C(NCCc1ccccc1)c1n[nH]cc1NC(=O)c1c[nH]c2ccccc12. The van der Waals surface area contributed by atoms with Crippen molar-refractivity contribution in [1.29, 1.82) is 0 Å². The first-order chi connectivity index (χ1) is 13.7. The molecule has 0 saturated heterocycles. The average molecular weight is 373 g/mol. The lowest BCUT2D eigenvalue weighted by atomic mass is 10.1. The highest BCUT2D eigenvalue weighted by Gasteiger charge is 2.18. The zero-order valence-corrected chi connectivity index (χ0v) is 15.0. The van der Waals surface area contributed by atoms with Crippen molar-refractivity contribution in [3.05, 3.63) is 83.8 Å². The van der Waals surface area contributed by atoms with Gasteiger partial charge in [0.15, 0.2) is 5.69 Å². The van der Waals surface area contributed by atoms with E-state index >= 15 is 0 Å². The van der Waals surface area contributed by atoms with Gasteiger partial charge in [0.1, 0.15) is 0 Å². The van der Waals surface area contributed by atoms with Gasteiger partial charge in [-0.25, -0.2) is 0 Å². The Morgan fingerprint density at radius 2 is 1.71 bits per heavy atom. The molecule has 0 aliphatic heterocycles. The maximum atomic E-state index is 12.7. The van der Waals surface area contributed by atoms with Crippen LogP contribution in [0.1, 0.15) is 26.4 Å². The lowest BCUT2D eigenvalue weighted by Gasteiger charge is -2.06. The number of benzene rings is 2. The van der Waals surface area contributed by atoms with Crippen LogP contribution in [0.2, 0.25) is 0 Å². The van der Waals surface area contributed by atoms with Crippen molar-refractivity contribution < 1.29 is 9.59 Å². The van der Waals surface area contributed by atoms with Crippen molar-refractivity contribution >= 4 is 28.4 Å². The van der Waals surface area contributed by atoms with Gasteiger partial charge in [0, 0.05) is 29.8 Å². The number of nitrogens with zero attached hydrogens (tertiary/aromatic N) is 1. The van der Waals surface area contributed by atoms with E-state index in [4.69, 9.17) is 0 Å². The average Bonchev–Trinajstić information content (AvgIpc) is 3.35. The molecule has 0 aliphatic rings. The van der Waals surface area contributed by atoms with Gasteiger partial charge in [-0.2, -0.15) is 5.10 Å². The van der Waals surface area contributed by atoms with E-state index in [-0.39, 0.29) is 17.5 Å². The lowest BCUT2D eigenvalue weighted by molar-refractivity contribution is 0.0950. The molecule has 4 aromatic rings. The van der Waals surface area contributed by atoms with Crippen molar-refractivity contribution in [3.8, 4) is 0 Å². The molecule has 2 amide bonds. The Hall–Kier alpha value is -3.87. The largest absolute Gasteiger partial charge is 0.360 e. The molecule has 7 heteroatoms. The third-order valence-electron chi connectivity index (χ3n) is 4.48. The van der Waals surface area contributed by atoms with Crippen LogP contribution in [0.15, 0.2) is 67.0 Å². The first-order valence-electron chi connectivity index (χ1n) is 8.96. The molecule has 0 saturated carbocycles. The van der Waals surface area contributed by atoms with E-state index in [1.807, 2.05) is 54.6 Å². The summed E-state index contributed by atoms with van der Waals surface area (Å²) in [6.45, 7) is 0.478. The minimum absolute atomic E-state index is 0.154. The van der Waals surface area contributed by atoms with E-state index in [1.165, 1.54) is 6.20 Å². The van der Waals surface area contributed by atoms with E-state index in [0.29, 0.717) is 24.2 Å². The number of para-hydroxylation sites is 1. The summed E-state index contributed by atoms with van der Waals surface area (Å²) in [4.78, 5) is 28.2. The van der Waals surface area contributed by atoms with E-state index in [9.17, 15) is 9.59 Å². The molecule has 0 atom stereocenters. The van der Waals surface area contributed by atoms with Crippen LogP contribution in [-0.2, 0) is 6.42 Å². The summed E-state index contributed by atoms with van der Waals surface area (Å²) in [5.74, 6) is -0.649. The Morgan fingerprint density at radius 1 is 0.929 bits per heavy atom. The molecule has 2 aromatic heterocycles. The predicted octanol–water partition coefficient (Wildman–Crippen LogP) is 3.12. The minimum Gasteiger partial charge on any atom is -0.360 e. The summed E-state index contributed by atoms with van der Waals surface area (Å²) >= 11 is 0. The fourth-order valence-corrected chi connectivity index (χ4v) is 3.06. The number of aromatic amines is 2. The van der Waals surface area contributed by atoms with Crippen LogP contribution in [-0.4, -0.2) is 33.5 Å². The van der Waals surface area contributed by atoms with Gasteiger partial charge < -0.3 is 15.6 Å². The van der Waals surface area contributed by atoms with Gasteiger partial charge in [-0.3, -0.25) is 14.7 Å². The maximum absolute atomic E-state index is 12.7. The zero-order valence-electron chi connectivity index (χ0n) is 15.0. The van der Waals surface area contributed by atoms with Crippen molar-refractivity contribution in [1.82, 2.24) is 20.5 Å². The first kappa shape index (κ1) is 17.5. The van der Waals surface area contributed by atoms with Gasteiger partial charge in [-0.15, -0.1) is 0 Å². The molecule has 2 heterocycles. The highest BCUT2D eigenvalue weighted by Crippen LogP contribution is 2.20. The monoisotopic (exact) mass is 373 g/mol. The molecule has 0 fully saturated rings. The molecule has 2 aromatic carbocycles. The summed E-state index contributed by atoms with van der Waals surface area (Å²) in [6, 6.07) is 17.4. The number of anilines is 1. The van der Waals surface area contributed by atoms with E-state index < -0.39 is 0 Å². The van der Waals surface area contributed by atoms with Crippen LogP contribution in [0.25, 0.3) is 10.9 Å². The number of hydrogen-bond donors (Lipinski definition) is 4. The van der Waals surface area contributed by atoms with Crippen LogP contribution in [0.3, 0.4) is 0 Å². The minimum atomic E-state index is -0.341. The van der Waals surface area contributed by atoms with Gasteiger partial charge in [-0.1, -0.05) is 48.5 Å². The van der Waals surface area contributed by atoms with Gasteiger partial charge in [0.05, 0.1) is 11.3 Å². The Kier molecular flexibility index (Phi) is 4.88. The second-order valence-corrected chi connectivity index (χ2v) is 6.34. The summed E-state index contributed by atoms with van der Waals surface area (Å²) in [5.41, 5.74) is 3.01. The van der Waals surface area contributed by atoms with Crippen molar-refractivity contribution in [2.45, 2.75) is 6.42 Å². The second kappa shape index (κ2) is 7.79. The zero-order chi connectivity index (χ0) is 19.3. The number of H-pyrrole nitrogens is 2. The number of rotatable bonds is 6. The fraction of sp³-hybridized carbons (Fsp3) is 0.0952. The molecule has 0 unspecified atom stereocenters. The molecule has 0 aliphatic carbocycles. The number of amides is 2. The van der Waals surface area contributed by atoms with Crippen molar-refractivity contribution in [2.24, 2.45) is 0 Å². The lowest BCUT2D eigenvalue weighted by Crippen LogP contribution is -2.27. The molecule has 7 nitrogen and oxygen atoms in total. The summed E-state index contributed by atoms with van der Waals surface area (Å²) in [6.07, 6.45) is 3.87. The smallest absolute Gasteiger partial charge is 0.273 e. The summed E-state index contributed by atoms with van der Waals surface area (Å²) in [7, 11) is 0. The van der Waals surface area contributed by atoms with Crippen LogP contribution in [0.5, 0.6) is 0 Å². The quantitative estimate of drug-likeness (QED) is 0.417. The van der Waals surface area contributed by atoms with Gasteiger partial charge >= 0.3 is 0 Å². The highest BCUT2D eigenvalue weighted by molar-refractivity contribution is 6.14. The van der Waals surface area contributed by atoms with Gasteiger partial charge in [0.2, 0.25) is 0 Å².